The summed E-state index contributed by atoms with van der Waals surface area (Å²) < 4.78 is 31.7. The Morgan fingerprint density at radius 1 is 1.32 bits per heavy atom. The minimum Gasteiger partial charge on any atom is -0.327 e. The van der Waals surface area contributed by atoms with Crippen molar-refractivity contribution in [3.63, 3.8) is 0 Å². The van der Waals surface area contributed by atoms with Gasteiger partial charge in [-0.3, -0.25) is 14.1 Å². The van der Waals surface area contributed by atoms with E-state index in [1.165, 1.54) is 4.90 Å². The summed E-state index contributed by atoms with van der Waals surface area (Å²) in [4.78, 5) is 25.7. The van der Waals surface area contributed by atoms with Crippen LogP contribution in [0, 0.1) is 0 Å². The molecule has 0 radical (unpaired) electrons. The lowest BCUT2D eigenvalue weighted by Crippen LogP contribution is -2.68. The van der Waals surface area contributed by atoms with Gasteiger partial charge in [-0.25, -0.2) is 4.31 Å². The summed E-state index contributed by atoms with van der Waals surface area (Å²) in [6, 6.07) is 6.26. The third-order valence-electron chi connectivity index (χ3n) is 4.09. The number of fused-ring (bicyclic) bond motifs is 1. The SMILES string of the molecule is N[C@H](C(=O)N1CC[C@@H]2[C@H]1C(=O)N2S(=O)(=O)O)c1ccccc1. The maximum atomic E-state index is 12.5. The van der Waals surface area contributed by atoms with E-state index in [9.17, 15) is 18.0 Å². The number of likely N-dealkylation sites (tertiary alicyclic amines) is 1. The van der Waals surface area contributed by atoms with Crippen LogP contribution in [-0.2, 0) is 19.9 Å². The van der Waals surface area contributed by atoms with Crippen LogP contribution in [0.15, 0.2) is 30.3 Å². The van der Waals surface area contributed by atoms with Crippen molar-refractivity contribution >= 4 is 22.1 Å². The quantitative estimate of drug-likeness (QED) is 0.560. The zero-order chi connectivity index (χ0) is 16.1. The third kappa shape index (κ3) is 2.18. The van der Waals surface area contributed by atoms with Crippen molar-refractivity contribution in [1.29, 1.82) is 0 Å². The van der Waals surface area contributed by atoms with Gasteiger partial charge in [0.2, 0.25) is 5.91 Å². The number of nitrogens with two attached hydrogens (primary N) is 1. The fourth-order valence-electron chi connectivity index (χ4n) is 3.04. The second-order valence-corrected chi connectivity index (χ2v) is 6.62. The van der Waals surface area contributed by atoms with Gasteiger partial charge in [0.1, 0.15) is 12.1 Å². The molecule has 3 atom stereocenters. The summed E-state index contributed by atoms with van der Waals surface area (Å²) in [6.45, 7) is 0.229. The molecule has 2 amide bonds. The maximum Gasteiger partial charge on any atom is 0.362 e. The fraction of sp³-hybridized carbons (Fsp3) is 0.385. The van der Waals surface area contributed by atoms with Crippen LogP contribution in [0.25, 0.3) is 0 Å². The van der Waals surface area contributed by atoms with Crippen LogP contribution < -0.4 is 5.73 Å². The molecule has 3 rings (SSSR count). The van der Waals surface area contributed by atoms with E-state index in [-0.39, 0.29) is 6.54 Å². The Hall–Kier alpha value is -1.97. The summed E-state index contributed by atoms with van der Waals surface area (Å²) in [6.07, 6.45) is 0.295. The molecule has 2 saturated heterocycles. The first-order chi connectivity index (χ1) is 10.3. The molecule has 2 fully saturated rings. The topological polar surface area (TPSA) is 121 Å². The smallest absolute Gasteiger partial charge is 0.327 e. The zero-order valence-electron chi connectivity index (χ0n) is 11.5. The molecule has 118 valence electrons. The highest BCUT2D eigenvalue weighted by Gasteiger charge is 2.60. The Balaban J connectivity index is 1.78. The molecule has 3 N–H and O–H groups in total. The Kier molecular flexibility index (Phi) is 3.42. The van der Waals surface area contributed by atoms with E-state index in [4.69, 9.17) is 10.3 Å². The Bertz CT molecular complexity index is 720. The normalized spacial score (nSPS) is 25.6. The number of hydrogen-bond donors (Lipinski definition) is 2. The number of benzene rings is 1. The van der Waals surface area contributed by atoms with E-state index in [2.05, 4.69) is 0 Å². The summed E-state index contributed by atoms with van der Waals surface area (Å²) >= 11 is 0. The van der Waals surface area contributed by atoms with E-state index < -0.39 is 40.2 Å². The summed E-state index contributed by atoms with van der Waals surface area (Å²) in [5.74, 6) is -1.22. The third-order valence-corrected chi connectivity index (χ3v) is 5.04. The second-order valence-electron chi connectivity index (χ2n) is 5.33. The van der Waals surface area contributed by atoms with Gasteiger partial charge in [0.05, 0.1) is 6.04 Å². The molecule has 0 bridgehead atoms. The molecule has 0 spiro atoms. The van der Waals surface area contributed by atoms with Crippen LogP contribution in [-0.4, -0.2) is 52.6 Å². The van der Waals surface area contributed by atoms with E-state index in [1.54, 1.807) is 30.3 Å². The van der Waals surface area contributed by atoms with Gasteiger partial charge in [0, 0.05) is 6.54 Å². The molecule has 1 aromatic rings. The number of β-lactam (4-membered cyclic amide) rings is 1. The van der Waals surface area contributed by atoms with Crippen LogP contribution in [0.3, 0.4) is 0 Å². The molecule has 1 aromatic carbocycles. The lowest BCUT2D eigenvalue weighted by atomic mass is 9.99. The van der Waals surface area contributed by atoms with Gasteiger partial charge in [-0.1, -0.05) is 30.3 Å². The molecular formula is C13H15N3O5S. The van der Waals surface area contributed by atoms with E-state index in [1.807, 2.05) is 0 Å². The van der Waals surface area contributed by atoms with Gasteiger partial charge in [0.15, 0.2) is 0 Å². The lowest BCUT2D eigenvalue weighted by molar-refractivity contribution is -0.152. The van der Waals surface area contributed by atoms with Gasteiger partial charge >= 0.3 is 10.3 Å². The zero-order valence-corrected chi connectivity index (χ0v) is 12.3. The Morgan fingerprint density at radius 3 is 2.55 bits per heavy atom. The number of amides is 2. The average Bonchev–Trinajstić information content (AvgIpc) is 2.83. The molecule has 0 aliphatic carbocycles. The van der Waals surface area contributed by atoms with Crippen molar-refractivity contribution < 1.29 is 22.6 Å². The van der Waals surface area contributed by atoms with Crippen molar-refractivity contribution in [2.24, 2.45) is 5.73 Å². The number of carbonyl (C=O) groups excluding carboxylic acids is 2. The van der Waals surface area contributed by atoms with Crippen LogP contribution in [0.1, 0.15) is 18.0 Å². The van der Waals surface area contributed by atoms with Gasteiger partial charge in [-0.2, -0.15) is 8.42 Å². The average molecular weight is 325 g/mol. The van der Waals surface area contributed by atoms with Crippen molar-refractivity contribution in [2.75, 3.05) is 6.54 Å². The number of nitrogens with zero attached hydrogens (tertiary/aromatic N) is 2. The van der Waals surface area contributed by atoms with E-state index in [0.717, 1.165) is 0 Å². The lowest BCUT2D eigenvalue weighted by Gasteiger charge is -2.42. The molecule has 0 saturated carbocycles. The monoisotopic (exact) mass is 325 g/mol. The molecule has 2 aliphatic heterocycles. The van der Waals surface area contributed by atoms with Crippen molar-refractivity contribution in [3.05, 3.63) is 35.9 Å². The van der Waals surface area contributed by atoms with Gasteiger partial charge in [-0.15, -0.1) is 0 Å². The Labute approximate surface area is 127 Å². The van der Waals surface area contributed by atoms with Crippen molar-refractivity contribution in [3.8, 4) is 0 Å². The molecule has 0 aromatic heterocycles. The molecule has 2 aliphatic rings. The highest BCUT2D eigenvalue weighted by molar-refractivity contribution is 7.84. The van der Waals surface area contributed by atoms with E-state index in [0.29, 0.717) is 16.3 Å². The first kappa shape index (κ1) is 14.9. The van der Waals surface area contributed by atoms with Crippen molar-refractivity contribution in [2.45, 2.75) is 24.5 Å². The highest BCUT2D eigenvalue weighted by Crippen LogP contribution is 2.36. The summed E-state index contributed by atoms with van der Waals surface area (Å²) in [5, 5.41) is 0. The molecule has 8 nitrogen and oxygen atoms in total. The van der Waals surface area contributed by atoms with Crippen LogP contribution in [0.2, 0.25) is 0 Å². The summed E-state index contributed by atoms with van der Waals surface area (Å²) in [5.41, 5.74) is 6.55. The van der Waals surface area contributed by atoms with Gasteiger partial charge in [0.25, 0.3) is 5.91 Å². The predicted octanol–water partition coefficient (Wildman–Crippen LogP) is -0.699. The Morgan fingerprint density at radius 2 is 1.95 bits per heavy atom. The van der Waals surface area contributed by atoms with Crippen LogP contribution >= 0.6 is 0 Å². The van der Waals surface area contributed by atoms with Crippen LogP contribution in [0.4, 0.5) is 0 Å². The summed E-state index contributed by atoms with van der Waals surface area (Å²) in [7, 11) is -4.58. The molecular weight excluding hydrogens is 310 g/mol. The number of hydrogen-bond acceptors (Lipinski definition) is 5. The number of rotatable bonds is 3. The molecule has 2 heterocycles. The first-order valence-corrected chi connectivity index (χ1v) is 8.14. The van der Waals surface area contributed by atoms with E-state index >= 15 is 0 Å². The molecule has 22 heavy (non-hydrogen) atoms. The first-order valence-electron chi connectivity index (χ1n) is 6.74. The number of carbonyl (C=O) groups is 2. The maximum absolute atomic E-state index is 12.5. The fourth-order valence-corrected chi connectivity index (χ4v) is 3.94. The van der Waals surface area contributed by atoms with Gasteiger partial charge < -0.3 is 10.6 Å². The predicted molar refractivity (Wildman–Crippen MR) is 75.7 cm³/mol. The highest BCUT2D eigenvalue weighted by atomic mass is 32.2. The minimum atomic E-state index is -4.58. The minimum absolute atomic E-state index is 0.229. The van der Waals surface area contributed by atoms with Crippen LogP contribution in [0.5, 0.6) is 0 Å². The van der Waals surface area contributed by atoms with Gasteiger partial charge in [-0.05, 0) is 12.0 Å². The second kappa shape index (κ2) is 5.04. The largest absolute Gasteiger partial charge is 0.362 e. The molecule has 9 heteroatoms. The standard InChI is InChI=1S/C13H15N3O5S/c14-10(8-4-2-1-3-5-8)12(17)15-7-6-9-11(15)13(18)16(9)22(19,20)21/h1-5,9-11H,6-7,14H2,(H,19,20,21)/t9-,10+,11+/m1/s1. The molecule has 0 unspecified atom stereocenters. The van der Waals surface area contributed by atoms with Crippen molar-refractivity contribution in [1.82, 2.24) is 9.21 Å².